The van der Waals surface area contributed by atoms with Crippen LogP contribution >= 0.6 is 0 Å². The lowest BCUT2D eigenvalue weighted by molar-refractivity contribution is -0.157. The number of carbonyl (C=O) groups excluding carboxylic acids is 2. The average Bonchev–Trinajstić information content (AvgIpc) is 2.90. The molecule has 2 unspecified atom stereocenters. The summed E-state index contributed by atoms with van der Waals surface area (Å²) in [7, 11) is 0. The molecular weight excluding hydrogens is 222 g/mol. The van der Waals surface area contributed by atoms with Gasteiger partial charge in [-0.25, -0.2) is 4.79 Å². The van der Waals surface area contributed by atoms with Gasteiger partial charge in [-0.2, -0.15) is 0 Å². The molecule has 2 aliphatic carbocycles. The van der Waals surface area contributed by atoms with Gasteiger partial charge >= 0.3 is 5.97 Å². The minimum absolute atomic E-state index is 0.246. The van der Waals surface area contributed by atoms with Crippen molar-refractivity contribution in [3.05, 3.63) is 0 Å². The maximum atomic E-state index is 12.2. The van der Waals surface area contributed by atoms with Crippen LogP contribution in [0, 0.1) is 17.8 Å². The molecule has 2 atom stereocenters. The quantitative estimate of drug-likeness (QED) is 0.715. The molecule has 92 valence electrons. The van der Waals surface area contributed by atoms with E-state index in [-0.39, 0.29) is 23.7 Å². The molecule has 0 aromatic heterocycles. The maximum absolute atomic E-state index is 12.2. The summed E-state index contributed by atoms with van der Waals surface area (Å²) in [5.74, 6) is -1.65. The number of hydrogen-bond donors (Lipinski definition) is 1. The Labute approximate surface area is 98.8 Å². The van der Waals surface area contributed by atoms with Gasteiger partial charge in [-0.3, -0.25) is 14.5 Å². The number of fused-ring (bicyclic) bond motifs is 1. The molecule has 3 aliphatic rings. The molecular formula is C12H15NO4. The van der Waals surface area contributed by atoms with Crippen LogP contribution in [0.25, 0.3) is 0 Å². The van der Waals surface area contributed by atoms with Crippen molar-refractivity contribution < 1.29 is 19.5 Å². The molecule has 5 nitrogen and oxygen atoms in total. The summed E-state index contributed by atoms with van der Waals surface area (Å²) in [5, 5.41) is 9.17. The van der Waals surface area contributed by atoms with E-state index in [1.54, 1.807) is 0 Å². The number of rotatable bonds is 2. The van der Waals surface area contributed by atoms with Crippen molar-refractivity contribution in [2.45, 2.75) is 38.1 Å². The molecule has 0 aromatic carbocycles. The van der Waals surface area contributed by atoms with Crippen molar-refractivity contribution in [2.24, 2.45) is 17.8 Å². The lowest BCUT2D eigenvalue weighted by atomic mass is 10.00. The molecule has 0 bridgehead atoms. The van der Waals surface area contributed by atoms with Gasteiger partial charge in [-0.1, -0.05) is 6.92 Å². The van der Waals surface area contributed by atoms with E-state index in [1.165, 1.54) is 0 Å². The zero-order chi connectivity index (χ0) is 12.4. The van der Waals surface area contributed by atoms with Gasteiger partial charge in [0.1, 0.15) is 5.54 Å². The molecule has 0 spiro atoms. The Morgan fingerprint density at radius 2 is 1.71 bits per heavy atom. The van der Waals surface area contributed by atoms with Crippen LogP contribution in [0.1, 0.15) is 32.6 Å². The van der Waals surface area contributed by atoms with Crippen LogP contribution in [0.4, 0.5) is 0 Å². The first-order chi connectivity index (χ1) is 7.97. The molecule has 3 fully saturated rings. The summed E-state index contributed by atoms with van der Waals surface area (Å²) in [6.07, 6.45) is 2.27. The first-order valence-electron chi connectivity index (χ1n) is 6.08. The normalized spacial score (nSPS) is 38.4. The Hall–Kier alpha value is -1.39. The highest BCUT2D eigenvalue weighted by molar-refractivity contribution is 6.10. The lowest BCUT2D eigenvalue weighted by Gasteiger charge is -2.23. The second-order valence-corrected chi connectivity index (χ2v) is 5.64. The van der Waals surface area contributed by atoms with Crippen LogP contribution in [-0.4, -0.2) is 33.3 Å². The Kier molecular flexibility index (Phi) is 1.95. The van der Waals surface area contributed by atoms with Gasteiger partial charge in [-0.15, -0.1) is 0 Å². The average molecular weight is 237 g/mol. The van der Waals surface area contributed by atoms with Crippen LogP contribution in [0.3, 0.4) is 0 Å². The van der Waals surface area contributed by atoms with E-state index in [0.29, 0.717) is 18.8 Å². The monoisotopic (exact) mass is 237 g/mol. The van der Waals surface area contributed by atoms with E-state index in [9.17, 15) is 14.4 Å². The van der Waals surface area contributed by atoms with Crippen LogP contribution in [0.5, 0.6) is 0 Å². The lowest BCUT2D eigenvalue weighted by Crippen LogP contribution is -2.48. The van der Waals surface area contributed by atoms with E-state index in [0.717, 1.165) is 17.7 Å². The summed E-state index contributed by atoms with van der Waals surface area (Å²) in [5.41, 5.74) is -1.19. The van der Waals surface area contributed by atoms with Crippen LogP contribution in [0.15, 0.2) is 0 Å². The Morgan fingerprint density at radius 1 is 1.24 bits per heavy atom. The Morgan fingerprint density at radius 3 is 2.06 bits per heavy atom. The number of hydrogen-bond acceptors (Lipinski definition) is 3. The number of carboxylic acid groups (broad SMARTS) is 1. The third-order valence-electron chi connectivity index (χ3n) is 4.42. The fourth-order valence-electron chi connectivity index (χ4n) is 3.35. The molecule has 1 saturated heterocycles. The predicted octanol–water partition coefficient (Wildman–Crippen LogP) is 0.635. The standard InChI is InChI=1S/C12H15NO4/c1-6-4-7-8(5-6)10(15)13(9(7)14)12(2-3-12)11(16)17/h6-8H,2-5H2,1H3,(H,16,17). The number of nitrogens with zero attached hydrogens (tertiary/aromatic N) is 1. The fourth-order valence-corrected chi connectivity index (χ4v) is 3.35. The van der Waals surface area contributed by atoms with E-state index >= 15 is 0 Å². The van der Waals surface area contributed by atoms with Gasteiger partial charge in [0.25, 0.3) is 0 Å². The summed E-state index contributed by atoms with van der Waals surface area (Å²) in [4.78, 5) is 36.6. The van der Waals surface area contributed by atoms with Gasteiger partial charge in [-0.05, 0) is 31.6 Å². The number of aliphatic carboxylic acids is 1. The highest BCUT2D eigenvalue weighted by atomic mass is 16.4. The number of likely N-dealkylation sites (tertiary alicyclic amines) is 1. The van der Waals surface area contributed by atoms with Crippen molar-refractivity contribution in [2.75, 3.05) is 0 Å². The smallest absolute Gasteiger partial charge is 0.330 e. The largest absolute Gasteiger partial charge is 0.479 e. The SMILES string of the molecule is CC1CC2C(=O)N(C3(C(=O)O)CC3)C(=O)C2C1. The molecule has 1 N–H and O–H groups in total. The zero-order valence-corrected chi connectivity index (χ0v) is 9.68. The molecule has 17 heavy (non-hydrogen) atoms. The minimum Gasteiger partial charge on any atom is -0.479 e. The molecule has 2 amide bonds. The molecule has 3 rings (SSSR count). The van der Waals surface area contributed by atoms with E-state index in [2.05, 4.69) is 0 Å². The second-order valence-electron chi connectivity index (χ2n) is 5.64. The first kappa shape index (κ1) is 10.7. The molecule has 2 saturated carbocycles. The van der Waals surface area contributed by atoms with Crippen LogP contribution in [-0.2, 0) is 14.4 Å². The topological polar surface area (TPSA) is 74.7 Å². The molecule has 0 aromatic rings. The van der Waals surface area contributed by atoms with Crippen molar-refractivity contribution >= 4 is 17.8 Å². The summed E-state index contributed by atoms with van der Waals surface area (Å²) in [6.45, 7) is 2.04. The Bertz CT molecular complexity index is 402. The van der Waals surface area contributed by atoms with E-state index < -0.39 is 11.5 Å². The molecule has 5 heteroatoms. The number of amides is 2. The third kappa shape index (κ3) is 1.22. The number of carbonyl (C=O) groups is 3. The van der Waals surface area contributed by atoms with Gasteiger partial charge in [0, 0.05) is 0 Å². The molecule has 1 aliphatic heterocycles. The molecule has 0 radical (unpaired) electrons. The first-order valence-corrected chi connectivity index (χ1v) is 6.08. The predicted molar refractivity (Wildman–Crippen MR) is 56.8 cm³/mol. The van der Waals surface area contributed by atoms with Gasteiger partial charge in [0.2, 0.25) is 11.8 Å². The summed E-state index contributed by atoms with van der Waals surface area (Å²) >= 11 is 0. The van der Waals surface area contributed by atoms with E-state index in [1.807, 2.05) is 6.92 Å². The highest BCUT2D eigenvalue weighted by Crippen LogP contribution is 2.51. The zero-order valence-electron chi connectivity index (χ0n) is 9.68. The number of carboxylic acids is 1. The van der Waals surface area contributed by atoms with Gasteiger partial charge in [0.05, 0.1) is 11.8 Å². The minimum atomic E-state index is -1.19. The maximum Gasteiger partial charge on any atom is 0.330 e. The second kappa shape index (κ2) is 3.09. The van der Waals surface area contributed by atoms with Crippen molar-refractivity contribution in [3.8, 4) is 0 Å². The third-order valence-corrected chi connectivity index (χ3v) is 4.42. The summed E-state index contributed by atoms with van der Waals surface area (Å²) < 4.78 is 0. The van der Waals surface area contributed by atoms with Crippen molar-refractivity contribution in [1.29, 1.82) is 0 Å². The highest BCUT2D eigenvalue weighted by Gasteiger charge is 2.65. The van der Waals surface area contributed by atoms with Crippen LogP contribution in [0.2, 0.25) is 0 Å². The fraction of sp³-hybridized carbons (Fsp3) is 0.750. The van der Waals surface area contributed by atoms with Gasteiger partial charge < -0.3 is 5.11 Å². The Balaban J connectivity index is 1.93. The van der Waals surface area contributed by atoms with E-state index in [4.69, 9.17) is 5.11 Å². The van der Waals surface area contributed by atoms with Gasteiger partial charge in [0.15, 0.2) is 0 Å². The van der Waals surface area contributed by atoms with Crippen molar-refractivity contribution in [1.82, 2.24) is 4.90 Å². The number of imide groups is 1. The molecule has 1 heterocycles. The van der Waals surface area contributed by atoms with Crippen molar-refractivity contribution in [3.63, 3.8) is 0 Å². The van der Waals surface area contributed by atoms with Crippen LogP contribution < -0.4 is 0 Å². The summed E-state index contributed by atoms with van der Waals surface area (Å²) in [6, 6.07) is 0.